The first-order valence-corrected chi connectivity index (χ1v) is 7.00. The van der Waals surface area contributed by atoms with Gasteiger partial charge >= 0.3 is 0 Å². The lowest BCUT2D eigenvalue weighted by atomic mass is 10.0. The van der Waals surface area contributed by atoms with Crippen molar-refractivity contribution in [3.63, 3.8) is 0 Å². The van der Waals surface area contributed by atoms with E-state index in [1.54, 1.807) is 12.1 Å². The molecule has 1 aromatic rings. The van der Waals surface area contributed by atoms with Crippen molar-refractivity contribution in [1.82, 2.24) is 5.32 Å². The molecule has 1 aromatic carbocycles. The van der Waals surface area contributed by atoms with Crippen LogP contribution in [0.1, 0.15) is 31.2 Å². The van der Waals surface area contributed by atoms with Crippen LogP contribution in [0.2, 0.25) is 0 Å². The van der Waals surface area contributed by atoms with Gasteiger partial charge in [0.25, 0.3) is 0 Å². The summed E-state index contributed by atoms with van der Waals surface area (Å²) in [6.45, 7) is 3.92. The number of benzene rings is 1. The minimum absolute atomic E-state index is 0.0814. The number of piperidine rings is 1. The largest absolute Gasteiger partial charge is 0.367 e. The normalized spacial score (nSPS) is 24.3. The Morgan fingerprint density at radius 2 is 2.06 bits per heavy atom. The van der Waals surface area contributed by atoms with Crippen LogP contribution >= 0.6 is 0 Å². The second kappa shape index (κ2) is 4.88. The van der Waals surface area contributed by atoms with Crippen molar-refractivity contribution < 1.29 is 4.39 Å². The molecule has 1 saturated heterocycles. The lowest BCUT2D eigenvalue weighted by Gasteiger charge is -2.36. The van der Waals surface area contributed by atoms with Crippen molar-refractivity contribution in [1.29, 1.82) is 0 Å². The summed E-state index contributed by atoms with van der Waals surface area (Å²) in [5, 5.41) is 3.67. The highest BCUT2D eigenvalue weighted by Gasteiger charge is 2.28. The van der Waals surface area contributed by atoms with E-state index in [9.17, 15) is 4.39 Å². The minimum atomic E-state index is -0.0814. The lowest BCUT2D eigenvalue weighted by Crippen LogP contribution is -2.47. The van der Waals surface area contributed by atoms with Gasteiger partial charge in [0.15, 0.2) is 0 Å². The van der Waals surface area contributed by atoms with Gasteiger partial charge in [-0.2, -0.15) is 0 Å². The van der Waals surface area contributed by atoms with Gasteiger partial charge in [0.05, 0.1) is 5.69 Å². The first kappa shape index (κ1) is 12.0. The summed E-state index contributed by atoms with van der Waals surface area (Å²) in [4.78, 5) is 2.22. The number of nitrogens with one attached hydrogen (secondary N) is 1. The minimum Gasteiger partial charge on any atom is -0.367 e. The van der Waals surface area contributed by atoms with Crippen LogP contribution < -0.4 is 10.2 Å². The van der Waals surface area contributed by atoms with E-state index in [2.05, 4.69) is 10.2 Å². The molecule has 2 fully saturated rings. The molecule has 1 atom stereocenters. The molecule has 2 aliphatic rings. The van der Waals surface area contributed by atoms with Crippen LogP contribution in [0.4, 0.5) is 10.1 Å². The third kappa shape index (κ3) is 2.51. The zero-order valence-electron chi connectivity index (χ0n) is 11.0. The van der Waals surface area contributed by atoms with Gasteiger partial charge in [0, 0.05) is 25.2 Å². The molecule has 1 unspecified atom stereocenters. The van der Waals surface area contributed by atoms with Gasteiger partial charge < -0.3 is 10.2 Å². The number of hydrogen-bond acceptors (Lipinski definition) is 2. The zero-order chi connectivity index (χ0) is 12.5. The van der Waals surface area contributed by atoms with Crippen LogP contribution in [-0.2, 0) is 0 Å². The Kier molecular flexibility index (Phi) is 3.25. The monoisotopic (exact) mass is 248 g/mol. The maximum atomic E-state index is 14.0. The van der Waals surface area contributed by atoms with Crippen LogP contribution in [0.5, 0.6) is 0 Å². The Morgan fingerprint density at radius 3 is 2.78 bits per heavy atom. The Balaban J connectivity index is 1.74. The summed E-state index contributed by atoms with van der Waals surface area (Å²) in [6, 6.07) is 6.62. The second-order valence-corrected chi connectivity index (χ2v) is 5.63. The number of rotatable bonds is 3. The summed E-state index contributed by atoms with van der Waals surface area (Å²) >= 11 is 0. The highest BCUT2D eigenvalue weighted by atomic mass is 19.1. The fourth-order valence-corrected chi connectivity index (χ4v) is 2.92. The summed E-state index contributed by atoms with van der Waals surface area (Å²) in [6.07, 6.45) is 5.00. The Labute approximate surface area is 108 Å². The van der Waals surface area contributed by atoms with Crippen molar-refractivity contribution >= 4 is 5.69 Å². The second-order valence-electron chi connectivity index (χ2n) is 5.63. The predicted octanol–water partition coefficient (Wildman–Crippen LogP) is 2.85. The molecule has 0 spiro atoms. The molecular weight excluding hydrogens is 227 g/mol. The van der Waals surface area contributed by atoms with Gasteiger partial charge in [0.1, 0.15) is 5.82 Å². The average Bonchev–Trinajstić information content (AvgIpc) is 3.13. The Bertz CT molecular complexity index is 408. The van der Waals surface area contributed by atoms with Crippen LogP contribution in [0.25, 0.3) is 0 Å². The molecule has 0 bridgehead atoms. The van der Waals surface area contributed by atoms with E-state index in [1.807, 2.05) is 13.0 Å². The number of halogens is 1. The molecular formula is C15H21FN2. The average molecular weight is 248 g/mol. The van der Waals surface area contributed by atoms with Gasteiger partial charge in [0.2, 0.25) is 0 Å². The summed E-state index contributed by atoms with van der Waals surface area (Å²) in [7, 11) is 0. The molecule has 1 aliphatic carbocycles. The van der Waals surface area contributed by atoms with Gasteiger partial charge in [-0.05, 0) is 44.2 Å². The van der Waals surface area contributed by atoms with Crippen molar-refractivity contribution in [2.45, 2.75) is 44.7 Å². The highest BCUT2D eigenvalue weighted by molar-refractivity contribution is 5.54. The van der Waals surface area contributed by atoms with Crippen molar-refractivity contribution in [2.75, 3.05) is 18.0 Å². The predicted molar refractivity (Wildman–Crippen MR) is 72.5 cm³/mol. The van der Waals surface area contributed by atoms with Gasteiger partial charge in [-0.1, -0.05) is 12.1 Å². The van der Waals surface area contributed by atoms with E-state index in [-0.39, 0.29) is 5.82 Å². The van der Waals surface area contributed by atoms with E-state index in [4.69, 9.17) is 0 Å². The molecule has 98 valence electrons. The molecule has 3 rings (SSSR count). The standard InChI is InChI=1S/C15H21FN2/c1-11-4-2-6-14(16)15(11)18-9-3-5-13(10-18)17-12-7-8-12/h2,4,6,12-13,17H,3,5,7-10H2,1H3. The molecule has 3 heteroatoms. The Hall–Kier alpha value is -1.09. The summed E-state index contributed by atoms with van der Waals surface area (Å²) < 4.78 is 14.0. The zero-order valence-corrected chi connectivity index (χ0v) is 11.0. The summed E-state index contributed by atoms with van der Waals surface area (Å²) in [5.74, 6) is -0.0814. The molecule has 2 nitrogen and oxygen atoms in total. The van der Waals surface area contributed by atoms with Crippen molar-refractivity contribution in [3.8, 4) is 0 Å². The van der Waals surface area contributed by atoms with Crippen LogP contribution in [0.15, 0.2) is 18.2 Å². The molecule has 1 heterocycles. The number of para-hydroxylation sites is 1. The number of hydrogen-bond donors (Lipinski definition) is 1. The number of aryl methyl sites for hydroxylation is 1. The SMILES string of the molecule is Cc1cccc(F)c1N1CCCC(NC2CC2)C1. The molecule has 18 heavy (non-hydrogen) atoms. The van der Waals surface area contributed by atoms with E-state index in [1.165, 1.54) is 19.3 Å². The maximum absolute atomic E-state index is 14.0. The first-order valence-electron chi connectivity index (χ1n) is 7.00. The maximum Gasteiger partial charge on any atom is 0.146 e. The molecule has 0 radical (unpaired) electrons. The number of nitrogens with zero attached hydrogens (tertiary/aromatic N) is 1. The smallest absolute Gasteiger partial charge is 0.146 e. The molecule has 1 N–H and O–H groups in total. The summed E-state index contributed by atoms with van der Waals surface area (Å²) in [5.41, 5.74) is 1.85. The van der Waals surface area contributed by atoms with E-state index >= 15 is 0 Å². The quantitative estimate of drug-likeness (QED) is 0.885. The third-order valence-corrected chi connectivity index (χ3v) is 3.97. The van der Waals surface area contributed by atoms with Crippen LogP contribution in [0.3, 0.4) is 0 Å². The van der Waals surface area contributed by atoms with Gasteiger partial charge in [-0.15, -0.1) is 0 Å². The molecule has 1 saturated carbocycles. The van der Waals surface area contributed by atoms with Gasteiger partial charge in [-0.3, -0.25) is 0 Å². The Morgan fingerprint density at radius 1 is 1.22 bits per heavy atom. The highest BCUT2D eigenvalue weighted by Crippen LogP contribution is 2.28. The molecule has 0 amide bonds. The van der Waals surface area contributed by atoms with Crippen LogP contribution in [0, 0.1) is 12.7 Å². The topological polar surface area (TPSA) is 15.3 Å². The lowest BCUT2D eigenvalue weighted by molar-refractivity contribution is 0.417. The van der Waals surface area contributed by atoms with Gasteiger partial charge in [-0.25, -0.2) is 4.39 Å². The molecule has 1 aliphatic heterocycles. The van der Waals surface area contributed by atoms with E-state index in [0.717, 1.165) is 36.8 Å². The van der Waals surface area contributed by atoms with Crippen molar-refractivity contribution in [3.05, 3.63) is 29.6 Å². The van der Waals surface area contributed by atoms with E-state index in [0.29, 0.717) is 6.04 Å². The van der Waals surface area contributed by atoms with Crippen molar-refractivity contribution in [2.24, 2.45) is 0 Å². The fourth-order valence-electron chi connectivity index (χ4n) is 2.92. The van der Waals surface area contributed by atoms with E-state index < -0.39 is 0 Å². The molecule has 0 aromatic heterocycles. The van der Waals surface area contributed by atoms with Crippen LogP contribution in [-0.4, -0.2) is 25.2 Å². The fraction of sp³-hybridized carbons (Fsp3) is 0.600. The number of anilines is 1. The first-order chi connectivity index (χ1) is 8.74. The third-order valence-electron chi connectivity index (χ3n) is 3.97.